The summed E-state index contributed by atoms with van der Waals surface area (Å²) in [4.78, 5) is 15.6. The molecule has 0 amide bonds. The van der Waals surface area contributed by atoms with Crippen molar-refractivity contribution in [2.24, 2.45) is 0 Å². The molecule has 1 aromatic heterocycles. The van der Waals surface area contributed by atoms with Crippen LogP contribution in [0.5, 0.6) is 11.5 Å². The first kappa shape index (κ1) is 24.0. The maximum atomic E-state index is 15.1. The van der Waals surface area contributed by atoms with Gasteiger partial charge in [0, 0.05) is 25.5 Å². The smallest absolute Gasteiger partial charge is 0.341 e. The van der Waals surface area contributed by atoms with Gasteiger partial charge in [0.1, 0.15) is 17.3 Å². The van der Waals surface area contributed by atoms with Crippen molar-refractivity contribution in [2.75, 3.05) is 20.5 Å². The molecule has 1 aliphatic carbocycles. The summed E-state index contributed by atoms with van der Waals surface area (Å²) in [7, 11) is 1.54. The van der Waals surface area contributed by atoms with E-state index in [0.29, 0.717) is 23.6 Å². The number of aromatic nitrogens is 1. The van der Waals surface area contributed by atoms with Crippen LogP contribution in [0.4, 0.5) is 4.39 Å². The molecule has 1 fully saturated rings. The van der Waals surface area contributed by atoms with Crippen LogP contribution in [0.15, 0.2) is 12.1 Å². The van der Waals surface area contributed by atoms with Crippen LogP contribution in [-0.4, -0.2) is 36.6 Å². The number of rotatable bonds is 9. The van der Waals surface area contributed by atoms with Crippen molar-refractivity contribution in [3.63, 3.8) is 0 Å². The zero-order valence-electron chi connectivity index (χ0n) is 19.3. The lowest BCUT2D eigenvalue weighted by atomic mass is 9.86. The molecule has 0 radical (unpaired) electrons. The van der Waals surface area contributed by atoms with Crippen molar-refractivity contribution in [3.05, 3.63) is 51.6 Å². The lowest BCUT2D eigenvalue weighted by Gasteiger charge is -2.24. The number of benzene rings is 1. The van der Waals surface area contributed by atoms with E-state index in [1.165, 1.54) is 19.6 Å². The fourth-order valence-electron chi connectivity index (χ4n) is 4.38. The van der Waals surface area contributed by atoms with Gasteiger partial charge in [0.15, 0.2) is 13.4 Å². The minimum Gasteiger partial charge on any atom is -0.482 e. The number of carbonyl (C=O) groups is 1. The maximum absolute atomic E-state index is 15.1. The quantitative estimate of drug-likeness (QED) is 0.533. The van der Waals surface area contributed by atoms with Crippen molar-refractivity contribution >= 4 is 5.97 Å². The van der Waals surface area contributed by atoms with Crippen molar-refractivity contribution in [1.29, 1.82) is 0 Å². The van der Waals surface area contributed by atoms with E-state index < -0.39 is 18.4 Å². The van der Waals surface area contributed by atoms with Gasteiger partial charge in [-0.2, -0.15) is 0 Å². The monoisotopic (exact) mass is 445 g/mol. The molecule has 3 rings (SSSR count). The van der Waals surface area contributed by atoms with Gasteiger partial charge in [0.25, 0.3) is 0 Å². The summed E-state index contributed by atoms with van der Waals surface area (Å²) in [6, 6.07) is 3.25. The molecule has 0 bridgehead atoms. The number of aliphatic carboxylic acids is 1. The van der Waals surface area contributed by atoms with E-state index >= 15 is 4.39 Å². The van der Waals surface area contributed by atoms with Gasteiger partial charge in [-0.3, -0.25) is 4.98 Å². The predicted octanol–water partition coefficient (Wildman–Crippen LogP) is 5.23. The van der Waals surface area contributed by atoms with Gasteiger partial charge >= 0.3 is 5.97 Å². The average Bonchev–Trinajstić information content (AvgIpc) is 2.78. The number of hydrogen-bond acceptors (Lipinski definition) is 5. The van der Waals surface area contributed by atoms with Crippen molar-refractivity contribution in [2.45, 2.75) is 65.2 Å². The van der Waals surface area contributed by atoms with E-state index in [9.17, 15) is 4.79 Å². The Morgan fingerprint density at radius 2 is 1.81 bits per heavy atom. The zero-order chi connectivity index (χ0) is 23.3. The number of hydrogen-bond donors (Lipinski definition) is 1. The molecule has 0 aliphatic heterocycles. The minimum atomic E-state index is -1.03. The number of carboxylic acid groups (broad SMARTS) is 1. The molecule has 174 valence electrons. The maximum Gasteiger partial charge on any atom is 0.341 e. The van der Waals surface area contributed by atoms with Crippen molar-refractivity contribution < 1.29 is 28.5 Å². The molecule has 1 aromatic carbocycles. The van der Waals surface area contributed by atoms with E-state index in [1.54, 1.807) is 0 Å². The largest absolute Gasteiger partial charge is 0.482 e. The van der Waals surface area contributed by atoms with Crippen LogP contribution in [-0.2, 0) is 16.0 Å². The molecule has 32 heavy (non-hydrogen) atoms. The van der Waals surface area contributed by atoms with Gasteiger partial charge in [0.05, 0.1) is 11.4 Å². The summed E-state index contributed by atoms with van der Waals surface area (Å²) in [6.45, 7) is 5.40. The Morgan fingerprint density at radius 3 is 2.47 bits per heavy atom. The molecule has 7 heteroatoms. The van der Waals surface area contributed by atoms with Crippen LogP contribution in [0.2, 0.25) is 0 Å². The third-order valence-electron chi connectivity index (χ3n) is 6.27. The van der Waals surface area contributed by atoms with E-state index in [0.717, 1.165) is 53.6 Å². The molecule has 1 aliphatic rings. The molecule has 0 unspecified atom stereocenters. The highest BCUT2D eigenvalue weighted by molar-refractivity contribution is 5.68. The first-order valence-corrected chi connectivity index (χ1v) is 11.1. The standard InChI is InChI=1S/C25H32FNO5/c1-15-10-22(31-13-24(28)29)17(3)16(2)19(15)11-21-20(26)12-23(32-14-30-4)25(27-21)18-8-6-5-7-9-18/h10,12,18H,5-9,11,13-14H2,1-4H3,(H,28,29). The third-order valence-corrected chi connectivity index (χ3v) is 6.27. The fourth-order valence-corrected chi connectivity index (χ4v) is 4.38. The molecule has 6 nitrogen and oxygen atoms in total. The van der Waals surface area contributed by atoms with Crippen LogP contribution in [0.3, 0.4) is 0 Å². The molecule has 1 heterocycles. The predicted molar refractivity (Wildman–Crippen MR) is 119 cm³/mol. The zero-order valence-corrected chi connectivity index (χ0v) is 19.3. The highest BCUT2D eigenvalue weighted by Crippen LogP contribution is 2.38. The van der Waals surface area contributed by atoms with Gasteiger partial charge in [-0.15, -0.1) is 0 Å². The van der Waals surface area contributed by atoms with Gasteiger partial charge in [-0.25, -0.2) is 9.18 Å². The molecule has 0 spiro atoms. The Bertz CT molecular complexity index is 970. The summed E-state index contributed by atoms with van der Waals surface area (Å²) in [5.74, 6) is -0.182. The van der Waals surface area contributed by atoms with Gasteiger partial charge in [-0.05, 0) is 61.9 Å². The Kier molecular flexibility index (Phi) is 8.07. The third kappa shape index (κ3) is 5.57. The normalized spacial score (nSPS) is 14.4. The Labute approximate surface area is 188 Å². The highest BCUT2D eigenvalue weighted by Gasteiger charge is 2.24. The van der Waals surface area contributed by atoms with Crippen LogP contribution >= 0.6 is 0 Å². The number of ether oxygens (including phenoxy) is 3. The summed E-state index contributed by atoms with van der Waals surface area (Å²) < 4.78 is 31.2. The number of methoxy groups -OCH3 is 1. The van der Waals surface area contributed by atoms with Crippen molar-refractivity contribution in [3.8, 4) is 11.5 Å². The first-order valence-electron chi connectivity index (χ1n) is 11.1. The number of nitrogens with zero attached hydrogens (tertiary/aromatic N) is 1. The number of pyridine rings is 1. The summed E-state index contributed by atoms with van der Waals surface area (Å²) in [5, 5.41) is 8.90. The second kappa shape index (κ2) is 10.8. The molecular weight excluding hydrogens is 413 g/mol. The SMILES string of the molecule is COCOc1cc(F)c(Cc2c(C)cc(OCC(=O)O)c(C)c2C)nc1C1CCCCC1. The van der Waals surface area contributed by atoms with Gasteiger partial charge in [-0.1, -0.05) is 19.3 Å². The Balaban J connectivity index is 1.95. The van der Waals surface area contributed by atoms with E-state index in [4.69, 9.17) is 24.3 Å². The Morgan fingerprint density at radius 1 is 1.09 bits per heavy atom. The second-order valence-corrected chi connectivity index (χ2v) is 8.47. The van der Waals surface area contributed by atoms with E-state index in [-0.39, 0.29) is 12.7 Å². The minimum absolute atomic E-state index is 0.0510. The molecule has 1 saturated carbocycles. The summed E-state index contributed by atoms with van der Waals surface area (Å²) >= 11 is 0. The van der Waals surface area contributed by atoms with Crippen LogP contribution in [0.25, 0.3) is 0 Å². The summed E-state index contributed by atoms with van der Waals surface area (Å²) in [6.07, 6.45) is 5.87. The fraction of sp³-hybridized carbons (Fsp3) is 0.520. The summed E-state index contributed by atoms with van der Waals surface area (Å²) in [5.41, 5.74) is 4.88. The van der Waals surface area contributed by atoms with Crippen LogP contribution in [0.1, 0.15) is 71.7 Å². The number of carboxylic acids is 1. The van der Waals surface area contributed by atoms with Crippen molar-refractivity contribution in [1.82, 2.24) is 4.98 Å². The van der Waals surface area contributed by atoms with Gasteiger partial charge < -0.3 is 19.3 Å². The molecule has 0 saturated heterocycles. The number of aryl methyl sites for hydroxylation is 1. The molecule has 2 aromatic rings. The molecular formula is C25H32FNO5. The lowest BCUT2D eigenvalue weighted by Crippen LogP contribution is -2.14. The average molecular weight is 446 g/mol. The Hall–Kier alpha value is -2.67. The van der Waals surface area contributed by atoms with E-state index in [2.05, 4.69) is 0 Å². The first-order chi connectivity index (χ1) is 15.3. The lowest BCUT2D eigenvalue weighted by molar-refractivity contribution is -0.139. The van der Waals surface area contributed by atoms with E-state index in [1.807, 2.05) is 26.8 Å². The molecule has 0 atom stereocenters. The highest BCUT2D eigenvalue weighted by atomic mass is 19.1. The van der Waals surface area contributed by atoms with Gasteiger partial charge in [0.2, 0.25) is 0 Å². The topological polar surface area (TPSA) is 77.9 Å². The number of halogens is 1. The molecule has 1 N–H and O–H groups in total. The van der Waals surface area contributed by atoms with Crippen LogP contribution < -0.4 is 9.47 Å². The second-order valence-electron chi connectivity index (χ2n) is 8.47. The van der Waals surface area contributed by atoms with Crippen LogP contribution in [0, 0.1) is 26.6 Å².